The summed E-state index contributed by atoms with van der Waals surface area (Å²) in [6.07, 6.45) is 3.19. The zero-order valence-corrected chi connectivity index (χ0v) is 13.7. The van der Waals surface area contributed by atoms with Crippen LogP contribution in [0.15, 0.2) is 48.5 Å². The maximum atomic E-state index is 11.9. The summed E-state index contributed by atoms with van der Waals surface area (Å²) in [4.78, 5) is 22.9. The highest BCUT2D eigenvalue weighted by atomic mass is 16.7. The smallest absolute Gasteiger partial charge is 0.244 e. The van der Waals surface area contributed by atoms with Gasteiger partial charge in [-0.15, -0.1) is 0 Å². The molecule has 2 N–H and O–H groups in total. The summed E-state index contributed by atoms with van der Waals surface area (Å²) in [5, 5.41) is 5.51. The lowest BCUT2D eigenvalue weighted by Gasteiger charge is -2.04. The third-order valence-electron chi connectivity index (χ3n) is 3.56. The van der Waals surface area contributed by atoms with Crippen molar-refractivity contribution >= 4 is 23.6 Å². The van der Waals surface area contributed by atoms with E-state index >= 15 is 0 Å². The maximum Gasteiger partial charge on any atom is 0.244 e. The molecule has 6 heteroatoms. The fourth-order valence-electron chi connectivity index (χ4n) is 2.35. The summed E-state index contributed by atoms with van der Waals surface area (Å²) in [7, 11) is 0. The second-order valence-electron chi connectivity index (χ2n) is 5.54. The van der Waals surface area contributed by atoms with Crippen molar-refractivity contribution in [3.63, 3.8) is 0 Å². The highest BCUT2D eigenvalue weighted by Gasteiger charge is 2.13. The fraction of sp³-hybridized carbons (Fsp3) is 0.158. The van der Waals surface area contributed by atoms with Gasteiger partial charge in [-0.3, -0.25) is 9.59 Å². The van der Waals surface area contributed by atoms with Gasteiger partial charge in [-0.2, -0.15) is 0 Å². The molecule has 3 rings (SSSR count). The number of benzene rings is 2. The Morgan fingerprint density at radius 3 is 2.60 bits per heavy atom. The van der Waals surface area contributed by atoms with E-state index < -0.39 is 0 Å². The number of hydrogen-bond acceptors (Lipinski definition) is 4. The molecule has 0 saturated heterocycles. The molecule has 2 amide bonds. The van der Waals surface area contributed by atoms with Crippen LogP contribution >= 0.6 is 0 Å². The van der Waals surface area contributed by atoms with Crippen molar-refractivity contribution in [2.75, 3.05) is 12.1 Å². The first-order chi connectivity index (χ1) is 12.1. The summed E-state index contributed by atoms with van der Waals surface area (Å²) in [6, 6.07) is 12.8. The molecular weight excluding hydrogens is 320 g/mol. The molecule has 0 spiro atoms. The minimum Gasteiger partial charge on any atom is -0.454 e. The molecule has 0 fully saturated rings. The summed E-state index contributed by atoms with van der Waals surface area (Å²) in [6.45, 7) is 2.09. The Morgan fingerprint density at radius 1 is 1.08 bits per heavy atom. The van der Waals surface area contributed by atoms with Crippen molar-refractivity contribution in [1.82, 2.24) is 5.32 Å². The Hall–Kier alpha value is -3.28. The number of anilines is 1. The van der Waals surface area contributed by atoms with E-state index in [2.05, 4.69) is 10.6 Å². The largest absolute Gasteiger partial charge is 0.454 e. The van der Waals surface area contributed by atoms with Crippen LogP contribution in [0, 0.1) is 0 Å². The minimum absolute atomic E-state index is 0.119. The Balaban J connectivity index is 1.51. The first-order valence-electron chi connectivity index (χ1n) is 7.82. The minimum atomic E-state index is -0.191. The van der Waals surface area contributed by atoms with Crippen LogP contribution in [0.25, 0.3) is 6.08 Å². The van der Waals surface area contributed by atoms with Crippen LogP contribution in [0.1, 0.15) is 18.1 Å². The Labute approximate surface area is 145 Å². The van der Waals surface area contributed by atoms with Crippen molar-refractivity contribution in [1.29, 1.82) is 0 Å². The molecule has 1 aliphatic heterocycles. The molecular formula is C19H18N2O4. The molecule has 25 heavy (non-hydrogen) atoms. The molecule has 0 radical (unpaired) electrons. The molecule has 128 valence electrons. The Morgan fingerprint density at radius 2 is 1.84 bits per heavy atom. The highest BCUT2D eigenvalue weighted by Crippen LogP contribution is 2.32. The number of amides is 2. The van der Waals surface area contributed by atoms with Gasteiger partial charge in [-0.25, -0.2) is 0 Å². The zero-order chi connectivity index (χ0) is 17.6. The van der Waals surface area contributed by atoms with E-state index in [0.717, 1.165) is 22.6 Å². The van der Waals surface area contributed by atoms with E-state index in [1.54, 1.807) is 18.2 Å². The lowest BCUT2D eigenvalue weighted by atomic mass is 10.2. The van der Waals surface area contributed by atoms with Gasteiger partial charge in [0.15, 0.2) is 11.5 Å². The van der Waals surface area contributed by atoms with E-state index in [9.17, 15) is 9.59 Å². The molecule has 0 aliphatic carbocycles. The van der Waals surface area contributed by atoms with E-state index in [-0.39, 0.29) is 18.6 Å². The number of nitrogens with one attached hydrogen (secondary N) is 2. The van der Waals surface area contributed by atoms with E-state index in [0.29, 0.717) is 12.3 Å². The van der Waals surface area contributed by atoms with E-state index in [1.807, 2.05) is 30.3 Å². The maximum absolute atomic E-state index is 11.9. The predicted molar refractivity (Wildman–Crippen MR) is 94.2 cm³/mol. The van der Waals surface area contributed by atoms with Crippen LogP contribution < -0.4 is 20.1 Å². The van der Waals surface area contributed by atoms with Crippen LogP contribution in [0.2, 0.25) is 0 Å². The molecule has 1 aliphatic rings. The second kappa shape index (κ2) is 7.53. The average molecular weight is 338 g/mol. The first kappa shape index (κ1) is 16.6. The van der Waals surface area contributed by atoms with Crippen LogP contribution in [0.5, 0.6) is 11.5 Å². The van der Waals surface area contributed by atoms with Crippen LogP contribution in [0.4, 0.5) is 5.69 Å². The van der Waals surface area contributed by atoms with Crippen LogP contribution in [-0.2, 0) is 16.1 Å². The number of carbonyl (C=O) groups excluding carboxylic acids is 2. The third-order valence-corrected chi connectivity index (χ3v) is 3.56. The third kappa shape index (κ3) is 4.60. The van der Waals surface area contributed by atoms with Gasteiger partial charge in [0.25, 0.3) is 0 Å². The summed E-state index contributed by atoms with van der Waals surface area (Å²) in [5.74, 6) is 1.11. The molecule has 0 atom stereocenters. The number of hydrogen-bond donors (Lipinski definition) is 2. The van der Waals surface area contributed by atoms with Crippen molar-refractivity contribution in [3.05, 3.63) is 59.7 Å². The van der Waals surface area contributed by atoms with Gasteiger partial charge in [0.05, 0.1) is 0 Å². The zero-order valence-electron chi connectivity index (χ0n) is 13.7. The number of carbonyl (C=O) groups is 2. The van der Waals surface area contributed by atoms with Crippen LogP contribution in [-0.4, -0.2) is 18.6 Å². The Bertz CT molecular complexity index is 813. The molecule has 0 bridgehead atoms. The summed E-state index contributed by atoms with van der Waals surface area (Å²) in [5.41, 5.74) is 2.52. The molecule has 0 saturated carbocycles. The van der Waals surface area contributed by atoms with E-state index in [4.69, 9.17) is 9.47 Å². The molecule has 2 aromatic carbocycles. The van der Waals surface area contributed by atoms with Gasteiger partial charge in [-0.1, -0.05) is 18.2 Å². The quantitative estimate of drug-likeness (QED) is 0.822. The lowest BCUT2D eigenvalue weighted by Crippen LogP contribution is -2.20. The first-order valence-corrected chi connectivity index (χ1v) is 7.82. The number of fused-ring (bicyclic) bond motifs is 1. The number of ether oxygens (including phenoxy) is 2. The standard InChI is InChI=1S/C19H18N2O4/c1-13(22)21-16-6-2-14(3-7-16)5-9-19(23)20-11-15-4-8-17-18(10-15)25-12-24-17/h2-10H,11-12H2,1H3,(H,20,23)(H,21,22)/b9-5+. The van der Waals surface area contributed by atoms with Crippen molar-refractivity contribution in [2.45, 2.75) is 13.5 Å². The Kier molecular flexibility index (Phi) is 4.99. The summed E-state index contributed by atoms with van der Waals surface area (Å²) >= 11 is 0. The SMILES string of the molecule is CC(=O)Nc1ccc(/C=C/C(=O)NCc2ccc3c(c2)OCO3)cc1. The van der Waals surface area contributed by atoms with Gasteiger partial charge < -0.3 is 20.1 Å². The van der Waals surface area contributed by atoms with Crippen molar-refractivity contribution in [2.24, 2.45) is 0 Å². The predicted octanol–water partition coefficient (Wildman–Crippen LogP) is 2.70. The summed E-state index contributed by atoms with van der Waals surface area (Å²) < 4.78 is 10.6. The topological polar surface area (TPSA) is 76.7 Å². The normalized spacial score (nSPS) is 12.2. The van der Waals surface area contributed by atoms with Gasteiger partial charge in [0.1, 0.15) is 0 Å². The van der Waals surface area contributed by atoms with Gasteiger partial charge >= 0.3 is 0 Å². The lowest BCUT2D eigenvalue weighted by molar-refractivity contribution is -0.116. The fourth-order valence-corrected chi connectivity index (χ4v) is 2.35. The van der Waals surface area contributed by atoms with Crippen LogP contribution in [0.3, 0.4) is 0 Å². The average Bonchev–Trinajstić information content (AvgIpc) is 3.06. The van der Waals surface area contributed by atoms with Crippen molar-refractivity contribution in [3.8, 4) is 11.5 Å². The number of rotatable bonds is 5. The molecule has 6 nitrogen and oxygen atoms in total. The molecule has 1 heterocycles. The molecule has 2 aromatic rings. The molecule has 0 aromatic heterocycles. The van der Waals surface area contributed by atoms with Gasteiger partial charge in [0, 0.05) is 25.2 Å². The van der Waals surface area contributed by atoms with E-state index in [1.165, 1.54) is 13.0 Å². The van der Waals surface area contributed by atoms with Crippen molar-refractivity contribution < 1.29 is 19.1 Å². The van der Waals surface area contributed by atoms with Gasteiger partial charge in [0.2, 0.25) is 18.6 Å². The highest BCUT2D eigenvalue weighted by molar-refractivity contribution is 5.92. The van der Waals surface area contributed by atoms with Gasteiger partial charge in [-0.05, 0) is 41.5 Å². The monoisotopic (exact) mass is 338 g/mol. The second-order valence-corrected chi connectivity index (χ2v) is 5.54. The molecule has 0 unspecified atom stereocenters.